The van der Waals surface area contributed by atoms with Gasteiger partial charge >= 0.3 is 0 Å². The van der Waals surface area contributed by atoms with Gasteiger partial charge in [-0.1, -0.05) is 13.0 Å². The van der Waals surface area contributed by atoms with Crippen molar-refractivity contribution in [2.45, 2.75) is 26.7 Å². The maximum atomic E-state index is 10.5. The van der Waals surface area contributed by atoms with Crippen LogP contribution in [0.25, 0.3) is 10.9 Å². The quantitative estimate of drug-likeness (QED) is 0.761. The van der Waals surface area contributed by atoms with E-state index in [4.69, 9.17) is 0 Å². The molecule has 0 saturated heterocycles. The van der Waals surface area contributed by atoms with Gasteiger partial charge in [0.1, 0.15) is 6.29 Å². The molecule has 1 aromatic carbocycles. The maximum Gasteiger partial charge on any atom is 0.125 e. The highest BCUT2D eigenvalue weighted by Gasteiger charge is 2.06. The van der Waals surface area contributed by atoms with Crippen LogP contribution in [0, 0.1) is 6.92 Å². The van der Waals surface area contributed by atoms with E-state index >= 15 is 0 Å². The lowest BCUT2D eigenvalue weighted by atomic mass is 10.1. The minimum absolute atomic E-state index is 0.474. The van der Waals surface area contributed by atoms with Crippen molar-refractivity contribution in [3.05, 3.63) is 35.0 Å². The number of H-pyrrole nitrogens is 1. The Morgan fingerprint density at radius 3 is 2.87 bits per heavy atom. The number of rotatable bonds is 3. The van der Waals surface area contributed by atoms with E-state index in [1.165, 1.54) is 16.5 Å². The van der Waals surface area contributed by atoms with Gasteiger partial charge in [-0.3, -0.25) is 0 Å². The summed E-state index contributed by atoms with van der Waals surface area (Å²) < 4.78 is 0. The van der Waals surface area contributed by atoms with Crippen molar-refractivity contribution >= 4 is 17.2 Å². The Bertz CT molecular complexity index is 496. The van der Waals surface area contributed by atoms with E-state index in [-0.39, 0.29) is 0 Å². The van der Waals surface area contributed by atoms with Crippen molar-refractivity contribution in [2.75, 3.05) is 0 Å². The monoisotopic (exact) mass is 201 g/mol. The molecule has 0 bridgehead atoms. The number of carbonyl (C=O) groups is 1. The molecule has 0 atom stereocenters. The molecule has 1 aromatic heterocycles. The number of hydrogen-bond acceptors (Lipinski definition) is 1. The number of benzene rings is 1. The van der Waals surface area contributed by atoms with Gasteiger partial charge in [-0.15, -0.1) is 0 Å². The first kappa shape index (κ1) is 9.97. The zero-order valence-electron chi connectivity index (χ0n) is 9.13. The summed E-state index contributed by atoms with van der Waals surface area (Å²) in [5.74, 6) is 0. The van der Waals surface area contributed by atoms with Crippen LogP contribution in [0.5, 0.6) is 0 Å². The third-order valence-electron chi connectivity index (χ3n) is 2.92. The van der Waals surface area contributed by atoms with E-state index in [2.05, 4.69) is 37.0 Å². The Kier molecular flexibility index (Phi) is 2.58. The number of aromatic amines is 1. The van der Waals surface area contributed by atoms with Crippen LogP contribution in [0.1, 0.15) is 23.7 Å². The summed E-state index contributed by atoms with van der Waals surface area (Å²) in [5, 5.41) is 1.24. The lowest BCUT2D eigenvalue weighted by Crippen LogP contribution is -1.87. The van der Waals surface area contributed by atoms with Crippen molar-refractivity contribution in [3.63, 3.8) is 0 Å². The molecule has 2 nitrogen and oxygen atoms in total. The van der Waals surface area contributed by atoms with E-state index < -0.39 is 0 Å². The molecule has 1 N–H and O–H groups in total. The number of aldehydes is 1. The minimum atomic E-state index is 0.474. The zero-order chi connectivity index (χ0) is 10.8. The van der Waals surface area contributed by atoms with Gasteiger partial charge in [0.15, 0.2) is 0 Å². The molecule has 0 fully saturated rings. The summed E-state index contributed by atoms with van der Waals surface area (Å²) in [7, 11) is 0. The van der Waals surface area contributed by atoms with Crippen LogP contribution >= 0.6 is 0 Å². The van der Waals surface area contributed by atoms with E-state index in [0.717, 1.165) is 23.9 Å². The molecule has 0 spiro atoms. The Balaban J connectivity index is 2.60. The number of hydrogen-bond donors (Lipinski definition) is 1. The molecule has 0 saturated carbocycles. The van der Waals surface area contributed by atoms with Crippen LogP contribution in [-0.2, 0) is 17.6 Å². The Labute approximate surface area is 89.3 Å². The Morgan fingerprint density at radius 1 is 1.40 bits per heavy atom. The lowest BCUT2D eigenvalue weighted by molar-refractivity contribution is -0.107. The summed E-state index contributed by atoms with van der Waals surface area (Å²) >= 11 is 0. The fraction of sp³-hybridized carbons (Fsp3) is 0.308. The molecular weight excluding hydrogens is 186 g/mol. The van der Waals surface area contributed by atoms with Gasteiger partial charge in [0.05, 0.1) is 0 Å². The summed E-state index contributed by atoms with van der Waals surface area (Å²) in [6.07, 6.45) is 2.46. The van der Waals surface area contributed by atoms with Gasteiger partial charge in [-0.05, 0) is 36.6 Å². The molecule has 0 amide bonds. The predicted octanol–water partition coefficient (Wildman–Crippen LogP) is 2.78. The molecule has 1 heterocycles. The first-order valence-electron chi connectivity index (χ1n) is 5.30. The first-order chi connectivity index (χ1) is 7.26. The molecular formula is C13H15NO. The van der Waals surface area contributed by atoms with Gasteiger partial charge in [-0.25, -0.2) is 0 Å². The molecule has 0 radical (unpaired) electrons. The van der Waals surface area contributed by atoms with E-state index in [1.807, 2.05) is 0 Å². The Hall–Kier alpha value is -1.57. The summed E-state index contributed by atoms with van der Waals surface area (Å²) in [4.78, 5) is 13.8. The molecule has 0 unspecified atom stereocenters. The van der Waals surface area contributed by atoms with Gasteiger partial charge in [0.2, 0.25) is 0 Å². The average molecular weight is 201 g/mol. The SMILES string of the molecule is CCc1ccc2[nH]c(CC=O)c(C)c2c1. The summed E-state index contributed by atoms with van der Waals surface area (Å²) in [6.45, 7) is 4.21. The lowest BCUT2D eigenvalue weighted by Gasteiger charge is -1.97. The van der Waals surface area contributed by atoms with E-state index in [1.54, 1.807) is 0 Å². The third-order valence-corrected chi connectivity index (χ3v) is 2.92. The number of fused-ring (bicyclic) bond motifs is 1. The van der Waals surface area contributed by atoms with Crippen LogP contribution in [0.3, 0.4) is 0 Å². The number of aromatic nitrogens is 1. The average Bonchev–Trinajstić information content (AvgIpc) is 2.56. The number of nitrogens with one attached hydrogen (secondary N) is 1. The number of carbonyl (C=O) groups excluding carboxylic acids is 1. The van der Waals surface area contributed by atoms with Crippen molar-refractivity contribution in [1.29, 1.82) is 0 Å². The second-order valence-corrected chi connectivity index (χ2v) is 3.83. The van der Waals surface area contributed by atoms with Crippen LogP contribution in [-0.4, -0.2) is 11.3 Å². The molecule has 0 aliphatic carbocycles. The maximum absolute atomic E-state index is 10.5. The smallest absolute Gasteiger partial charge is 0.125 e. The fourth-order valence-corrected chi connectivity index (χ4v) is 1.94. The Morgan fingerprint density at radius 2 is 2.20 bits per heavy atom. The van der Waals surface area contributed by atoms with Gasteiger partial charge in [0.25, 0.3) is 0 Å². The minimum Gasteiger partial charge on any atom is -0.358 e. The van der Waals surface area contributed by atoms with E-state index in [0.29, 0.717) is 6.42 Å². The van der Waals surface area contributed by atoms with Crippen LogP contribution in [0.2, 0.25) is 0 Å². The largest absolute Gasteiger partial charge is 0.358 e. The normalized spacial score (nSPS) is 10.8. The predicted molar refractivity (Wildman–Crippen MR) is 62.2 cm³/mol. The second-order valence-electron chi connectivity index (χ2n) is 3.83. The molecule has 2 heteroatoms. The summed E-state index contributed by atoms with van der Waals surface area (Å²) in [6, 6.07) is 6.42. The molecule has 0 aliphatic rings. The molecule has 2 rings (SSSR count). The highest BCUT2D eigenvalue weighted by atomic mass is 16.1. The van der Waals surface area contributed by atoms with Crippen molar-refractivity contribution < 1.29 is 4.79 Å². The van der Waals surface area contributed by atoms with Crippen LogP contribution < -0.4 is 0 Å². The van der Waals surface area contributed by atoms with Crippen LogP contribution in [0.4, 0.5) is 0 Å². The molecule has 78 valence electrons. The zero-order valence-corrected chi connectivity index (χ0v) is 9.13. The molecule has 0 aliphatic heterocycles. The first-order valence-corrected chi connectivity index (χ1v) is 5.30. The van der Waals surface area contributed by atoms with E-state index in [9.17, 15) is 4.79 Å². The van der Waals surface area contributed by atoms with Crippen molar-refractivity contribution in [3.8, 4) is 0 Å². The number of aryl methyl sites for hydroxylation is 2. The van der Waals surface area contributed by atoms with Gasteiger partial charge in [0, 0.05) is 23.0 Å². The molecule has 15 heavy (non-hydrogen) atoms. The van der Waals surface area contributed by atoms with Crippen LogP contribution in [0.15, 0.2) is 18.2 Å². The third kappa shape index (κ3) is 1.67. The topological polar surface area (TPSA) is 32.9 Å². The highest BCUT2D eigenvalue weighted by molar-refractivity contribution is 5.85. The van der Waals surface area contributed by atoms with Crippen molar-refractivity contribution in [2.24, 2.45) is 0 Å². The summed E-state index contributed by atoms with van der Waals surface area (Å²) in [5.41, 5.74) is 4.70. The standard InChI is InChI=1S/C13H15NO/c1-3-10-4-5-13-11(8-10)9(2)12(14-13)6-7-15/h4-5,7-8,14H,3,6H2,1-2H3. The molecule has 2 aromatic rings. The second kappa shape index (κ2) is 3.89. The highest BCUT2D eigenvalue weighted by Crippen LogP contribution is 2.23. The van der Waals surface area contributed by atoms with Crippen molar-refractivity contribution in [1.82, 2.24) is 4.98 Å². The fourth-order valence-electron chi connectivity index (χ4n) is 1.94. The van der Waals surface area contributed by atoms with Gasteiger partial charge < -0.3 is 9.78 Å². The van der Waals surface area contributed by atoms with Gasteiger partial charge in [-0.2, -0.15) is 0 Å².